The first kappa shape index (κ1) is 70.6. The molecular weight excluding hydrogens is 945 g/mol. The Balaban J connectivity index is 2.80. The first-order valence-corrected chi connectivity index (χ1v) is 32.6. The highest BCUT2D eigenvalue weighted by molar-refractivity contribution is 5.96. The van der Waals surface area contributed by atoms with Gasteiger partial charge in [-0.2, -0.15) is 0 Å². The summed E-state index contributed by atoms with van der Waals surface area (Å²) in [5, 5.41) is 22.0. The van der Waals surface area contributed by atoms with Gasteiger partial charge in [0, 0.05) is 50.0 Å². The molecule has 0 heterocycles. The number of aromatic carboxylic acids is 1. The van der Waals surface area contributed by atoms with Crippen molar-refractivity contribution in [3.63, 3.8) is 0 Å². The van der Waals surface area contributed by atoms with Crippen molar-refractivity contribution in [3.05, 3.63) is 35.4 Å². The van der Waals surface area contributed by atoms with E-state index in [0.717, 1.165) is 38.5 Å². The lowest BCUT2D eigenvalue weighted by Gasteiger charge is -2.35. The molecule has 0 aromatic heterocycles. The van der Waals surface area contributed by atoms with E-state index >= 15 is 0 Å². The van der Waals surface area contributed by atoms with Crippen LogP contribution < -0.4 is 21.3 Å². The van der Waals surface area contributed by atoms with Gasteiger partial charge >= 0.3 is 5.97 Å². The van der Waals surface area contributed by atoms with Crippen LogP contribution in [0.15, 0.2) is 24.3 Å². The number of hydrogen-bond donors (Lipinski definition) is 5. The van der Waals surface area contributed by atoms with Crippen LogP contribution in [0, 0.1) is 0 Å². The van der Waals surface area contributed by atoms with Gasteiger partial charge in [-0.05, 0) is 62.8 Å². The highest BCUT2D eigenvalue weighted by Crippen LogP contribution is 2.27. The number of carbonyl (C=O) groups is 5. The molecule has 0 fully saturated rings. The number of benzene rings is 1. The maximum Gasteiger partial charge on any atom is 0.335 e. The number of rotatable bonds is 57. The lowest BCUT2D eigenvalue weighted by molar-refractivity contribution is -0.121. The molecule has 4 amide bonds. The van der Waals surface area contributed by atoms with Crippen LogP contribution in [0.5, 0.6) is 0 Å². The van der Waals surface area contributed by atoms with Crippen molar-refractivity contribution >= 4 is 29.6 Å². The first-order valence-electron chi connectivity index (χ1n) is 32.6. The Morgan fingerprint density at radius 3 is 0.763 bits per heavy atom. The van der Waals surface area contributed by atoms with Gasteiger partial charge in [-0.15, -0.1) is 0 Å². The van der Waals surface area contributed by atoms with E-state index in [-0.39, 0.29) is 67.4 Å². The lowest BCUT2D eigenvalue weighted by atomic mass is 9.82. The molecule has 1 aromatic carbocycles. The van der Waals surface area contributed by atoms with Crippen molar-refractivity contribution in [3.8, 4) is 0 Å². The van der Waals surface area contributed by atoms with E-state index in [9.17, 15) is 29.1 Å². The van der Waals surface area contributed by atoms with E-state index in [0.29, 0.717) is 19.6 Å². The zero-order chi connectivity index (χ0) is 55.3. The van der Waals surface area contributed by atoms with Gasteiger partial charge in [0.1, 0.15) is 0 Å². The summed E-state index contributed by atoms with van der Waals surface area (Å²) in [7, 11) is 0. The third-order valence-corrected chi connectivity index (χ3v) is 15.8. The molecule has 440 valence electrons. The van der Waals surface area contributed by atoms with E-state index in [1.54, 1.807) is 0 Å². The minimum atomic E-state index is -1.08. The Hall–Kier alpha value is -3.43. The Kier molecular flexibility index (Phi) is 48.6. The number of amides is 4. The average Bonchev–Trinajstić information content (AvgIpc) is 3.42. The average molecular weight is 1070 g/mol. The molecular formula is C66H120N4O6. The summed E-state index contributed by atoms with van der Waals surface area (Å²) >= 11 is 0. The predicted octanol–water partition coefficient (Wildman–Crippen LogP) is 18.0. The first-order chi connectivity index (χ1) is 37.2. The fourth-order valence-electron chi connectivity index (χ4n) is 10.6. The molecule has 1 aromatic rings. The minimum Gasteiger partial charge on any atom is -0.478 e. The SMILES string of the molecule is CCCCCCCCCCCCCCCCNC(=O)CCC(CCC(=O)NCCCCCCCCCCCCCCCC)(CCC(=O)NCCCCCCCCCCCCCCCC)NC(=O)c1ccc(C(=O)O)cc1. The molecule has 0 aliphatic rings. The van der Waals surface area contributed by atoms with Crippen molar-refractivity contribution in [2.24, 2.45) is 0 Å². The molecule has 0 atom stereocenters. The number of carbonyl (C=O) groups excluding carboxylic acids is 4. The van der Waals surface area contributed by atoms with Crippen molar-refractivity contribution < 1.29 is 29.1 Å². The summed E-state index contributed by atoms with van der Waals surface area (Å²) in [5.41, 5.74) is -0.682. The molecule has 0 saturated heterocycles. The van der Waals surface area contributed by atoms with Gasteiger partial charge in [-0.3, -0.25) is 19.2 Å². The summed E-state index contributed by atoms with van der Waals surface area (Å²) in [6.07, 6.45) is 54.6. The fourth-order valence-corrected chi connectivity index (χ4v) is 10.6. The van der Waals surface area contributed by atoms with E-state index in [1.165, 1.54) is 255 Å². The van der Waals surface area contributed by atoms with Gasteiger partial charge in [-0.1, -0.05) is 271 Å². The van der Waals surface area contributed by atoms with Gasteiger partial charge < -0.3 is 26.4 Å². The topological polar surface area (TPSA) is 154 Å². The van der Waals surface area contributed by atoms with Gasteiger partial charge in [-0.25, -0.2) is 4.79 Å². The van der Waals surface area contributed by atoms with Crippen LogP contribution in [-0.4, -0.2) is 59.9 Å². The van der Waals surface area contributed by atoms with Crippen molar-refractivity contribution in [2.75, 3.05) is 19.6 Å². The molecule has 5 N–H and O–H groups in total. The normalized spacial score (nSPS) is 11.5. The summed E-state index contributed by atoms with van der Waals surface area (Å²) in [6, 6.07) is 5.77. The highest BCUT2D eigenvalue weighted by atomic mass is 16.4. The Morgan fingerprint density at radius 2 is 0.539 bits per heavy atom. The molecule has 0 aliphatic heterocycles. The largest absolute Gasteiger partial charge is 0.478 e. The van der Waals surface area contributed by atoms with Crippen LogP contribution in [0.2, 0.25) is 0 Å². The van der Waals surface area contributed by atoms with Crippen LogP contribution >= 0.6 is 0 Å². The number of carboxylic acid groups (broad SMARTS) is 1. The quantitative estimate of drug-likeness (QED) is 0.0410. The van der Waals surface area contributed by atoms with Crippen LogP contribution in [0.25, 0.3) is 0 Å². The number of carboxylic acids is 1. The van der Waals surface area contributed by atoms with Crippen molar-refractivity contribution in [1.29, 1.82) is 0 Å². The Labute approximate surface area is 467 Å². The van der Waals surface area contributed by atoms with Gasteiger partial charge in [0.2, 0.25) is 17.7 Å². The van der Waals surface area contributed by atoms with E-state index < -0.39 is 17.4 Å². The third kappa shape index (κ3) is 43.5. The second-order valence-corrected chi connectivity index (χ2v) is 23.0. The number of hydrogen-bond acceptors (Lipinski definition) is 5. The van der Waals surface area contributed by atoms with Crippen LogP contribution in [0.3, 0.4) is 0 Å². The van der Waals surface area contributed by atoms with Crippen molar-refractivity contribution in [1.82, 2.24) is 21.3 Å². The van der Waals surface area contributed by atoms with Gasteiger partial charge in [0.15, 0.2) is 0 Å². The Bertz CT molecular complexity index is 1410. The molecule has 10 nitrogen and oxygen atoms in total. The monoisotopic (exact) mass is 1060 g/mol. The second-order valence-electron chi connectivity index (χ2n) is 23.0. The fraction of sp³-hybridized carbons (Fsp3) is 0.833. The van der Waals surface area contributed by atoms with Crippen LogP contribution in [0.1, 0.15) is 350 Å². The highest BCUT2D eigenvalue weighted by Gasteiger charge is 2.34. The maximum absolute atomic E-state index is 14.0. The molecule has 76 heavy (non-hydrogen) atoms. The molecule has 0 saturated carbocycles. The van der Waals surface area contributed by atoms with Gasteiger partial charge in [0.25, 0.3) is 5.91 Å². The van der Waals surface area contributed by atoms with E-state index in [2.05, 4.69) is 42.0 Å². The van der Waals surface area contributed by atoms with E-state index in [1.807, 2.05) is 0 Å². The zero-order valence-corrected chi connectivity index (χ0v) is 49.9. The molecule has 10 heteroatoms. The molecule has 0 bridgehead atoms. The standard InChI is InChI=1S/C66H120N4O6/c1-4-7-10-13-16-19-22-25-28-31-34-37-40-43-56-67-61(71)50-53-66(70-64(74)59-46-48-60(49-47-59)65(75)76,54-51-62(72)68-57-44-41-38-35-32-29-26-23-20-17-14-11-8-5-2)55-52-63(73)69-58-45-42-39-36-33-30-27-24-21-18-15-12-9-6-3/h46-49H,4-45,50-58H2,1-3H3,(H,67,71)(H,68,72)(H,69,73)(H,70,74)(H,75,76). The number of unbranched alkanes of at least 4 members (excludes halogenated alkanes) is 39. The molecule has 0 unspecified atom stereocenters. The predicted molar refractivity (Wildman–Crippen MR) is 321 cm³/mol. The second kappa shape index (κ2) is 52.3. The lowest BCUT2D eigenvalue weighted by Crippen LogP contribution is -2.50. The minimum absolute atomic E-state index is 0.0734. The molecule has 0 radical (unpaired) electrons. The third-order valence-electron chi connectivity index (χ3n) is 15.8. The molecule has 1 rings (SSSR count). The van der Waals surface area contributed by atoms with E-state index in [4.69, 9.17) is 0 Å². The molecule has 0 aliphatic carbocycles. The summed E-state index contributed by atoms with van der Waals surface area (Å²) < 4.78 is 0. The van der Waals surface area contributed by atoms with Crippen molar-refractivity contribution in [2.45, 2.75) is 335 Å². The maximum atomic E-state index is 14.0. The zero-order valence-electron chi connectivity index (χ0n) is 49.9. The summed E-state index contributed by atoms with van der Waals surface area (Å²) in [6.45, 7) is 8.58. The summed E-state index contributed by atoms with van der Waals surface area (Å²) in [4.78, 5) is 66.0. The van der Waals surface area contributed by atoms with Gasteiger partial charge in [0.05, 0.1) is 5.56 Å². The smallest absolute Gasteiger partial charge is 0.335 e. The van der Waals surface area contributed by atoms with Crippen LogP contribution in [0.4, 0.5) is 0 Å². The Morgan fingerprint density at radius 1 is 0.329 bits per heavy atom. The molecule has 0 spiro atoms. The van der Waals surface area contributed by atoms with Crippen LogP contribution in [-0.2, 0) is 14.4 Å². The number of nitrogens with one attached hydrogen (secondary N) is 4. The summed E-state index contributed by atoms with van der Waals surface area (Å²) in [5.74, 6) is -1.83.